The van der Waals surface area contributed by atoms with Gasteiger partial charge in [-0.25, -0.2) is 5.06 Å². The molecule has 0 aliphatic heterocycles. The Bertz CT molecular complexity index is 413. The lowest BCUT2D eigenvalue weighted by atomic mass is 10.1. The standard InChI is InChI=1S/C12H16N2O2/c1-8-10(12(15)14(2)16-3)6-7-11(13-8)9-4-5-9/h6-7,9H,4-5H2,1-3H3. The molecule has 0 unspecified atom stereocenters. The molecule has 0 N–H and O–H groups in total. The Kier molecular flexibility index (Phi) is 2.92. The summed E-state index contributed by atoms with van der Waals surface area (Å²) in [6, 6.07) is 3.79. The second-order valence-electron chi connectivity index (χ2n) is 4.13. The van der Waals surface area contributed by atoms with Crippen molar-refractivity contribution in [3.05, 3.63) is 29.1 Å². The smallest absolute Gasteiger partial charge is 0.274 e. The van der Waals surface area contributed by atoms with E-state index in [-0.39, 0.29) is 5.91 Å². The van der Waals surface area contributed by atoms with Gasteiger partial charge in [0.2, 0.25) is 0 Å². The molecule has 1 saturated carbocycles. The van der Waals surface area contributed by atoms with E-state index in [4.69, 9.17) is 4.84 Å². The molecular weight excluding hydrogens is 204 g/mol. The highest BCUT2D eigenvalue weighted by Crippen LogP contribution is 2.39. The van der Waals surface area contributed by atoms with Gasteiger partial charge in [-0.2, -0.15) is 0 Å². The molecule has 0 radical (unpaired) electrons. The summed E-state index contributed by atoms with van der Waals surface area (Å²) < 4.78 is 0. The second kappa shape index (κ2) is 4.22. The van der Waals surface area contributed by atoms with Crippen molar-refractivity contribution < 1.29 is 9.63 Å². The average Bonchev–Trinajstić information content (AvgIpc) is 3.10. The van der Waals surface area contributed by atoms with Gasteiger partial charge in [-0.15, -0.1) is 0 Å². The van der Waals surface area contributed by atoms with E-state index >= 15 is 0 Å². The molecule has 0 aromatic carbocycles. The third-order valence-electron chi connectivity index (χ3n) is 2.89. The molecule has 1 aromatic heterocycles. The minimum absolute atomic E-state index is 0.158. The van der Waals surface area contributed by atoms with Crippen molar-refractivity contribution in [3.8, 4) is 0 Å². The van der Waals surface area contributed by atoms with E-state index in [1.165, 1.54) is 25.0 Å². The summed E-state index contributed by atoms with van der Waals surface area (Å²) in [6.07, 6.45) is 2.44. The molecule has 1 aromatic rings. The molecule has 4 nitrogen and oxygen atoms in total. The lowest BCUT2D eigenvalue weighted by Gasteiger charge is -2.15. The number of amides is 1. The summed E-state index contributed by atoms with van der Waals surface area (Å²) in [5, 5.41) is 1.21. The van der Waals surface area contributed by atoms with E-state index in [2.05, 4.69) is 4.98 Å². The Morgan fingerprint density at radius 1 is 1.50 bits per heavy atom. The molecule has 0 saturated heterocycles. The van der Waals surface area contributed by atoms with Crippen molar-refractivity contribution in [1.82, 2.24) is 10.0 Å². The van der Waals surface area contributed by atoms with Crippen molar-refractivity contribution in [2.24, 2.45) is 0 Å². The first-order valence-electron chi connectivity index (χ1n) is 5.43. The number of rotatable bonds is 3. The van der Waals surface area contributed by atoms with Crippen LogP contribution >= 0.6 is 0 Å². The fourth-order valence-electron chi connectivity index (χ4n) is 1.67. The van der Waals surface area contributed by atoms with Gasteiger partial charge in [0.1, 0.15) is 0 Å². The van der Waals surface area contributed by atoms with Crippen molar-refractivity contribution >= 4 is 5.91 Å². The number of pyridine rings is 1. The fraction of sp³-hybridized carbons (Fsp3) is 0.500. The molecule has 1 aliphatic rings. The van der Waals surface area contributed by atoms with Crippen molar-refractivity contribution in [1.29, 1.82) is 0 Å². The van der Waals surface area contributed by atoms with E-state index in [9.17, 15) is 4.79 Å². The monoisotopic (exact) mass is 220 g/mol. The van der Waals surface area contributed by atoms with E-state index in [0.29, 0.717) is 11.5 Å². The van der Waals surface area contributed by atoms with Gasteiger partial charge in [0, 0.05) is 18.7 Å². The average molecular weight is 220 g/mol. The minimum Gasteiger partial charge on any atom is -0.274 e. The third kappa shape index (κ3) is 2.07. The Labute approximate surface area is 95.2 Å². The van der Waals surface area contributed by atoms with E-state index in [1.807, 2.05) is 19.1 Å². The van der Waals surface area contributed by atoms with Crippen LogP contribution in [0.4, 0.5) is 0 Å². The number of carbonyl (C=O) groups is 1. The normalized spacial score (nSPS) is 14.9. The van der Waals surface area contributed by atoms with E-state index < -0.39 is 0 Å². The van der Waals surface area contributed by atoms with Crippen molar-refractivity contribution in [2.75, 3.05) is 14.2 Å². The number of nitrogens with zero attached hydrogens (tertiary/aromatic N) is 2. The maximum Gasteiger partial charge on any atom is 0.278 e. The van der Waals surface area contributed by atoms with Crippen LogP contribution in [0.5, 0.6) is 0 Å². The van der Waals surface area contributed by atoms with Gasteiger partial charge in [-0.1, -0.05) is 0 Å². The maximum atomic E-state index is 11.9. The van der Waals surface area contributed by atoms with Crippen LogP contribution in [0.25, 0.3) is 0 Å². The summed E-state index contributed by atoms with van der Waals surface area (Å²) in [7, 11) is 3.07. The summed E-state index contributed by atoms with van der Waals surface area (Å²) in [4.78, 5) is 21.2. The van der Waals surface area contributed by atoms with Gasteiger partial charge in [0.05, 0.1) is 18.4 Å². The fourth-order valence-corrected chi connectivity index (χ4v) is 1.67. The second-order valence-corrected chi connectivity index (χ2v) is 4.13. The van der Waals surface area contributed by atoms with Crippen LogP contribution in [-0.2, 0) is 4.84 Å². The molecule has 0 atom stereocenters. The quantitative estimate of drug-likeness (QED) is 0.731. The number of hydrogen-bond acceptors (Lipinski definition) is 3. The van der Waals surface area contributed by atoms with Crippen molar-refractivity contribution in [3.63, 3.8) is 0 Å². The van der Waals surface area contributed by atoms with Gasteiger partial charge in [0.15, 0.2) is 0 Å². The molecule has 16 heavy (non-hydrogen) atoms. The molecule has 1 aliphatic carbocycles. The van der Waals surface area contributed by atoms with Gasteiger partial charge in [-0.05, 0) is 31.9 Å². The number of aromatic nitrogens is 1. The summed E-state index contributed by atoms with van der Waals surface area (Å²) in [5.41, 5.74) is 2.49. The molecule has 4 heteroatoms. The van der Waals surface area contributed by atoms with Gasteiger partial charge >= 0.3 is 0 Å². The topological polar surface area (TPSA) is 42.4 Å². The van der Waals surface area contributed by atoms with Crippen LogP contribution in [0.15, 0.2) is 12.1 Å². The summed E-state index contributed by atoms with van der Waals surface area (Å²) in [6.45, 7) is 1.86. The van der Waals surface area contributed by atoms with Gasteiger partial charge in [-0.3, -0.25) is 14.6 Å². The van der Waals surface area contributed by atoms with Crippen LogP contribution in [0.3, 0.4) is 0 Å². The maximum absolute atomic E-state index is 11.9. The molecule has 0 bridgehead atoms. The Morgan fingerprint density at radius 2 is 2.19 bits per heavy atom. The molecule has 1 amide bonds. The zero-order valence-electron chi connectivity index (χ0n) is 9.86. The molecule has 1 heterocycles. The van der Waals surface area contributed by atoms with Crippen LogP contribution in [0.1, 0.15) is 40.5 Å². The van der Waals surface area contributed by atoms with Crippen LogP contribution in [0.2, 0.25) is 0 Å². The lowest BCUT2D eigenvalue weighted by Crippen LogP contribution is -2.26. The van der Waals surface area contributed by atoms with Crippen LogP contribution in [0, 0.1) is 6.92 Å². The Balaban J connectivity index is 2.24. The third-order valence-corrected chi connectivity index (χ3v) is 2.89. The Morgan fingerprint density at radius 3 is 2.69 bits per heavy atom. The summed E-state index contributed by atoms with van der Waals surface area (Å²) in [5.74, 6) is 0.456. The molecular formula is C12H16N2O2. The highest BCUT2D eigenvalue weighted by molar-refractivity contribution is 5.94. The molecule has 0 spiro atoms. The zero-order chi connectivity index (χ0) is 11.7. The number of hydroxylamine groups is 2. The molecule has 86 valence electrons. The largest absolute Gasteiger partial charge is 0.278 e. The SMILES string of the molecule is CON(C)C(=O)c1ccc(C2CC2)nc1C. The number of hydrogen-bond donors (Lipinski definition) is 0. The minimum atomic E-state index is -0.158. The first-order valence-corrected chi connectivity index (χ1v) is 5.43. The summed E-state index contributed by atoms with van der Waals surface area (Å²) >= 11 is 0. The van der Waals surface area contributed by atoms with Crippen LogP contribution < -0.4 is 0 Å². The van der Waals surface area contributed by atoms with Crippen molar-refractivity contribution in [2.45, 2.75) is 25.7 Å². The predicted molar refractivity (Wildman–Crippen MR) is 60.1 cm³/mol. The van der Waals surface area contributed by atoms with E-state index in [0.717, 1.165) is 11.4 Å². The highest BCUT2D eigenvalue weighted by Gasteiger charge is 2.26. The zero-order valence-corrected chi connectivity index (χ0v) is 9.86. The van der Waals surface area contributed by atoms with Crippen LogP contribution in [-0.4, -0.2) is 30.1 Å². The van der Waals surface area contributed by atoms with Gasteiger partial charge in [0.25, 0.3) is 5.91 Å². The number of aryl methyl sites for hydroxylation is 1. The molecule has 2 rings (SSSR count). The number of carbonyl (C=O) groups excluding carboxylic acids is 1. The lowest BCUT2D eigenvalue weighted by molar-refractivity contribution is -0.0757. The predicted octanol–water partition coefficient (Wildman–Crippen LogP) is 1.90. The van der Waals surface area contributed by atoms with Gasteiger partial charge < -0.3 is 0 Å². The molecule has 1 fully saturated rings. The Hall–Kier alpha value is -1.42. The highest BCUT2D eigenvalue weighted by atomic mass is 16.7. The first kappa shape index (κ1) is 11.1. The van der Waals surface area contributed by atoms with E-state index in [1.54, 1.807) is 7.05 Å². The first-order chi connectivity index (χ1) is 7.63.